The van der Waals surface area contributed by atoms with E-state index in [-0.39, 0.29) is 18.7 Å². The second-order valence-electron chi connectivity index (χ2n) is 3.61. The van der Waals surface area contributed by atoms with Gasteiger partial charge >= 0.3 is 6.03 Å². The fraction of sp³-hybridized carbons (Fsp3) is 0.417. The van der Waals surface area contributed by atoms with Crippen molar-refractivity contribution in [3.63, 3.8) is 0 Å². The molecule has 2 amide bonds. The molecule has 0 radical (unpaired) electrons. The lowest BCUT2D eigenvalue weighted by molar-refractivity contribution is 0.222. The van der Waals surface area contributed by atoms with Crippen LogP contribution in [0.3, 0.4) is 0 Å². The SMILES string of the molecule is CC[C@@H](CO)NC(=O)Nc1ccc(OC)cc1. The number of anilines is 1. The number of methoxy groups -OCH3 is 1. The maximum Gasteiger partial charge on any atom is 0.319 e. The van der Waals surface area contributed by atoms with E-state index in [1.54, 1.807) is 31.4 Å². The van der Waals surface area contributed by atoms with Gasteiger partial charge in [-0.05, 0) is 30.7 Å². The fourth-order valence-corrected chi connectivity index (χ4v) is 1.30. The highest BCUT2D eigenvalue weighted by Gasteiger charge is 2.08. The lowest BCUT2D eigenvalue weighted by Gasteiger charge is -2.14. The van der Waals surface area contributed by atoms with E-state index >= 15 is 0 Å². The number of carbonyl (C=O) groups excluding carboxylic acids is 1. The molecule has 0 spiro atoms. The summed E-state index contributed by atoms with van der Waals surface area (Å²) in [6, 6.07) is 6.48. The number of aliphatic hydroxyl groups excluding tert-OH is 1. The number of nitrogens with one attached hydrogen (secondary N) is 2. The lowest BCUT2D eigenvalue weighted by Crippen LogP contribution is -2.39. The van der Waals surface area contributed by atoms with Crippen LogP contribution in [0.15, 0.2) is 24.3 Å². The Bertz CT molecular complexity index is 347. The van der Waals surface area contributed by atoms with Gasteiger partial charge < -0.3 is 20.5 Å². The first-order valence-electron chi connectivity index (χ1n) is 5.52. The first kappa shape index (κ1) is 13.3. The number of urea groups is 1. The summed E-state index contributed by atoms with van der Waals surface area (Å²) in [6.07, 6.45) is 0.687. The Morgan fingerprint density at radius 3 is 2.53 bits per heavy atom. The quantitative estimate of drug-likeness (QED) is 0.729. The zero-order valence-electron chi connectivity index (χ0n) is 10.1. The van der Waals surface area contributed by atoms with E-state index in [1.807, 2.05) is 6.92 Å². The van der Waals surface area contributed by atoms with Crippen LogP contribution in [0.1, 0.15) is 13.3 Å². The van der Waals surface area contributed by atoms with Crippen LogP contribution in [0.4, 0.5) is 10.5 Å². The average Bonchev–Trinajstić information content (AvgIpc) is 2.37. The molecule has 0 aromatic heterocycles. The molecule has 17 heavy (non-hydrogen) atoms. The highest BCUT2D eigenvalue weighted by atomic mass is 16.5. The molecule has 0 bridgehead atoms. The second kappa shape index (κ2) is 6.75. The number of aliphatic hydroxyl groups is 1. The molecule has 5 nitrogen and oxygen atoms in total. The van der Waals surface area contributed by atoms with Crippen molar-refractivity contribution in [3.8, 4) is 5.75 Å². The van der Waals surface area contributed by atoms with Crippen molar-refractivity contribution >= 4 is 11.7 Å². The molecular weight excluding hydrogens is 220 g/mol. The van der Waals surface area contributed by atoms with Gasteiger partial charge in [0.05, 0.1) is 19.8 Å². The molecule has 0 saturated carbocycles. The number of rotatable bonds is 5. The molecule has 1 atom stereocenters. The summed E-state index contributed by atoms with van der Waals surface area (Å²) in [6.45, 7) is 1.83. The molecule has 1 rings (SSSR count). The number of hydrogen-bond donors (Lipinski definition) is 3. The zero-order valence-corrected chi connectivity index (χ0v) is 10.1. The molecule has 1 aromatic rings. The van der Waals surface area contributed by atoms with Crippen molar-refractivity contribution in [2.24, 2.45) is 0 Å². The van der Waals surface area contributed by atoms with Crippen LogP contribution >= 0.6 is 0 Å². The van der Waals surface area contributed by atoms with E-state index in [0.717, 1.165) is 5.75 Å². The molecule has 94 valence electrons. The second-order valence-corrected chi connectivity index (χ2v) is 3.61. The van der Waals surface area contributed by atoms with Gasteiger partial charge in [-0.2, -0.15) is 0 Å². The number of carbonyl (C=O) groups is 1. The zero-order chi connectivity index (χ0) is 12.7. The monoisotopic (exact) mass is 238 g/mol. The molecule has 5 heteroatoms. The topological polar surface area (TPSA) is 70.6 Å². The predicted molar refractivity (Wildman–Crippen MR) is 66.3 cm³/mol. The summed E-state index contributed by atoms with van der Waals surface area (Å²) in [5, 5.41) is 14.3. The smallest absolute Gasteiger partial charge is 0.319 e. The van der Waals surface area contributed by atoms with Crippen molar-refractivity contribution in [2.45, 2.75) is 19.4 Å². The standard InChI is InChI=1S/C12H18N2O3/c1-3-9(8-15)13-12(16)14-10-4-6-11(17-2)7-5-10/h4-7,9,15H,3,8H2,1-2H3,(H2,13,14,16)/t9-/m0/s1. The summed E-state index contributed by atoms with van der Waals surface area (Å²) in [5.41, 5.74) is 0.677. The minimum Gasteiger partial charge on any atom is -0.497 e. The van der Waals surface area contributed by atoms with Gasteiger partial charge in [-0.3, -0.25) is 0 Å². The number of hydrogen-bond acceptors (Lipinski definition) is 3. The molecule has 0 aliphatic carbocycles. The van der Waals surface area contributed by atoms with Crippen LogP contribution in [0, 0.1) is 0 Å². The third kappa shape index (κ3) is 4.32. The molecular formula is C12H18N2O3. The Morgan fingerprint density at radius 1 is 1.41 bits per heavy atom. The van der Waals surface area contributed by atoms with Gasteiger partial charge in [-0.1, -0.05) is 6.92 Å². The number of amides is 2. The first-order chi connectivity index (χ1) is 8.19. The van der Waals surface area contributed by atoms with Gasteiger partial charge in [-0.15, -0.1) is 0 Å². The van der Waals surface area contributed by atoms with E-state index in [2.05, 4.69) is 10.6 Å². The van der Waals surface area contributed by atoms with Gasteiger partial charge in [0.15, 0.2) is 0 Å². The van der Waals surface area contributed by atoms with Gasteiger partial charge in [0.1, 0.15) is 5.75 Å². The fourth-order valence-electron chi connectivity index (χ4n) is 1.30. The van der Waals surface area contributed by atoms with Gasteiger partial charge in [0.2, 0.25) is 0 Å². The van der Waals surface area contributed by atoms with Crippen LogP contribution < -0.4 is 15.4 Å². The Morgan fingerprint density at radius 2 is 2.06 bits per heavy atom. The molecule has 3 N–H and O–H groups in total. The minimum atomic E-state index is -0.323. The summed E-state index contributed by atoms with van der Waals surface area (Å²) in [7, 11) is 1.59. The van der Waals surface area contributed by atoms with E-state index in [1.165, 1.54) is 0 Å². The minimum absolute atomic E-state index is 0.0630. The number of ether oxygens (including phenoxy) is 1. The molecule has 0 aliphatic rings. The molecule has 1 aromatic carbocycles. The van der Waals surface area contributed by atoms with Crippen LogP contribution in [0.25, 0.3) is 0 Å². The third-order valence-corrected chi connectivity index (χ3v) is 2.40. The van der Waals surface area contributed by atoms with Gasteiger partial charge in [-0.25, -0.2) is 4.79 Å². The van der Waals surface area contributed by atoms with Crippen LogP contribution in [0.5, 0.6) is 5.75 Å². The highest BCUT2D eigenvalue weighted by Crippen LogP contribution is 2.14. The molecule has 0 fully saturated rings. The van der Waals surface area contributed by atoms with Crippen LogP contribution in [0.2, 0.25) is 0 Å². The van der Waals surface area contributed by atoms with Crippen molar-refractivity contribution in [1.29, 1.82) is 0 Å². The Kier molecular flexibility index (Phi) is 5.29. The van der Waals surface area contributed by atoms with E-state index < -0.39 is 0 Å². The largest absolute Gasteiger partial charge is 0.497 e. The average molecular weight is 238 g/mol. The van der Waals surface area contributed by atoms with E-state index in [0.29, 0.717) is 12.1 Å². The van der Waals surface area contributed by atoms with E-state index in [9.17, 15) is 4.79 Å². The number of benzene rings is 1. The lowest BCUT2D eigenvalue weighted by atomic mass is 10.2. The molecule has 0 saturated heterocycles. The van der Waals surface area contributed by atoms with Crippen molar-refractivity contribution in [3.05, 3.63) is 24.3 Å². The Labute approximate surface area is 101 Å². The Balaban J connectivity index is 2.49. The normalized spacial score (nSPS) is 11.7. The summed E-state index contributed by atoms with van der Waals surface area (Å²) in [4.78, 5) is 11.5. The first-order valence-corrected chi connectivity index (χ1v) is 5.52. The summed E-state index contributed by atoms with van der Waals surface area (Å²) in [5.74, 6) is 0.734. The van der Waals surface area contributed by atoms with Gasteiger partial charge in [0, 0.05) is 5.69 Å². The highest BCUT2D eigenvalue weighted by molar-refractivity contribution is 5.89. The molecule has 0 unspecified atom stereocenters. The predicted octanol–water partition coefficient (Wildman–Crippen LogP) is 1.59. The van der Waals surface area contributed by atoms with Crippen molar-refractivity contribution in [2.75, 3.05) is 19.0 Å². The van der Waals surface area contributed by atoms with Crippen molar-refractivity contribution in [1.82, 2.24) is 5.32 Å². The molecule has 0 heterocycles. The van der Waals surface area contributed by atoms with Crippen molar-refractivity contribution < 1.29 is 14.6 Å². The maximum absolute atomic E-state index is 11.5. The molecule has 0 aliphatic heterocycles. The summed E-state index contributed by atoms with van der Waals surface area (Å²) < 4.78 is 5.01. The third-order valence-electron chi connectivity index (χ3n) is 2.40. The van der Waals surface area contributed by atoms with Crippen LogP contribution in [-0.2, 0) is 0 Å². The van der Waals surface area contributed by atoms with E-state index in [4.69, 9.17) is 9.84 Å². The van der Waals surface area contributed by atoms with Gasteiger partial charge in [0.25, 0.3) is 0 Å². The summed E-state index contributed by atoms with van der Waals surface area (Å²) >= 11 is 0. The maximum atomic E-state index is 11.5. The van der Waals surface area contributed by atoms with Crippen LogP contribution in [-0.4, -0.2) is 30.9 Å². The Hall–Kier alpha value is -1.75.